The third kappa shape index (κ3) is 3.66. The van der Waals surface area contributed by atoms with Crippen LogP contribution >= 0.6 is 0 Å². The molecule has 26 heavy (non-hydrogen) atoms. The van der Waals surface area contributed by atoms with Crippen molar-refractivity contribution < 1.29 is 8.78 Å². The van der Waals surface area contributed by atoms with Crippen molar-refractivity contribution in [2.75, 3.05) is 10.6 Å². The Morgan fingerprint density at radius 2 is 1.85 bits per heavy atom. The first-order chi connectivity index (χ1) is 12.6. The van der Waals surface area contributed by atoms with Gasteiger partial charge in [-0.3, -0.25) is 5.10 Å². The van der Waals surface area contributed by atoms with E-state index in [1.165, 1.54) is 18.2 Å². The molecule has 0 aliphatic heterocycles. The van der Waals surface area contributed by atoms with Crippen LogP contribution in [0.15, 0.2) is 42.5 Å². The van der Waals surface area contributed by atoms with E-state index in [0.717, 1.165) is 24.1 Å². The molecule has 1 aliphatic carbocycles. The minimum absolute atomic E-state index is 0.103. The number of hydrogen-bond donors (Lipinski definition) is 3. The molecule has 3 N–H and O–H groups in total. The maximum absolute atomic E-state index is 14.1. The zero-order chi connectivity index (χ0) is 18.1. The van der Waals surface area contributed by atoms with E-state index in [1.807, 2.05) is 13.0 Å². The molecule has 134 valence electrons. The van der Waals surface area contributed by atoms with Crippen LogP contribution in [0.4, 0.5) is 26.2 Å². The van der Waals surface area contributed by atoms with E-state index < -0.39 is 5.82 Å². The number of benzene rings is 1. The smallest absolute Gasteiger partial charge is 0.170 e. The first-order valence-electron chi connectivity index (χ1n) is 8.59. The molecule has 0 bridgehead atoms. The molecule has 0 amide bonds. The molecule has 1 aliphatic rings. The first-order valence-corrected chi connectivity index (χ1v) is 8.59. The lowest BCUT2D eigenvalue weighted by molar-refractivity contribution is 0.625. The average molecular weight is 355 g/mol. The Hall–Kier alpha value is -2.96. The Labute approximate surface area is 149 Å². The van der Waals surface area contributed by atoms with Gasteiger partial charge in [0.2, 0.25) is 0 Å². The highest BCUT2D eigenvalue weighted by molar-refractivity contribution is 5.56. The summed E-state index contributed by atoms with van der Waals surface area (Å²) in [6.45, 7) is 1.93. The molecule has 1 fully saturated rings. The van der Waals surface area contributed by atoms with Crippen molar-refractivity contribution in [2.24, 2.45) is 0 Å². The number of aromatic nitrogens is 3. The first kappa shape index (κ1) is 16.5. The topological polar surface area (TPSA) is 65.6 Å². The van der Waals surface area contributed by atoms with Gasteiger partial charge in [0.05, 0.1) is 0 Å². The van der Waals surface area contributed by atoms with Crippen molar-refractivity contribution in [1.82, 2.24) is 15.2 Å². The second-order valence-electron chi connectivity index (χ2n) is 6.55. The Kier molecular flexibility index (Phi) is 4.28. The molecule has 2 aromatic heterocycles. The summed E-state index contributed by atoms with van der Waals surface area (Å²) in [5.41, 5.74) is 1.97. The number of aromatic amines is 1. The van der Waals surface area contributed by atoms with Crippen LogP contribution in [0.3, 0.4) is 0 Å². The molecule has 1 aromatic carbocycles. The van der Waals surface area contributed by atoms with Gasteiger partial charge in [0.25, 0.3) is 0 Å². The number of nitrogens with one attached hydrogen (secondary N) is 3. The number of halogens is 2. The van der Waals surface area contributed by atoms with Crippen molar-refractivity contribution in [2.45, 2.75) is 31.7 Å². The highest BCUT2D eigenvalue weighted by Gasteiger charge is 2.25. The van der Waals surface area contributed by atoms with Gasteiger partial charge in [-0.2, -0.15) is 5.10 Å². The predicted molar refractivity (Wildman–Crippen MR) is 96.5 cm³/mol. The molecular weight excluding hydrogens is 336 g/mol. The lowest BCUT2D eigenvalue weighted by atomic mass is 10.1. The van der Waals surface area contributed by atoms with Crippen molar-refractivity contribution in [3.63, 3.8) is 0 Å². The number of H-pyrrole nitrogens is 1. The summed E-state index contributed by atoms with van der Waals surface area (Å²) in [5, 5.41) is 13.2. The van der Waals surface area contributed by atoms with Crippen LogP contribution in [0, 0.1) is 11.6 Å². The highest BCUT2D eigenvalue weighted by Crippen LogP contribution is 2.39. The Bertz CT molecular complexity index is 903. The van der Waals surface area contributed by atoms with E-state index in [9.17, 15) is 8.78 Å². The number of rotatable bonds is 6. The summed E-state index contributed by atoms with van der Waals surface area (Å²) in [4.78, 5) is 4.30. The van der Waals surface area contributed by atoms with Gasteiger partial charge < -0.3 is 10.6 Å². The maximum atomic E-state index is 14.1. The number of pyridine rings is 1. The molecule has 0 unspecified atom stereocenters. The second kappa shape index (κ2) is 6.74. The van der Waals surface area contributed by atoms with Crippen LogP contribution in [0.1, 0.15) is 43.0 Å². The van der Waals surface area contributed by atoms with E-state index in [0.29, 0.717) is 17.6 Å². The molecule has 0 saturated heterocycles. The van der Waals surface area contributed by atoms with Crippen LogP contribution in [-0.2, 0) is 0 Å². The summed E-state index contributed by atoms with van der Waals surface area (Å²) in [5.74, 6) is 0.971. The molecule has 7 heteroatoms. The number of anilines is 3. The highest BCUT2D eigenvalue weighted by atomic mass is 19.1. The maximum Gasteiger partial charge on any atom is 0.170 e. The molecular formula is C19H19F2N5. The summed E-state index contributed by atoms with van der Waals surface area (Å²) in [6, 6.07) is 10.9. The molecule has 0 radical (unpaired) electrons. The van der Waals surface area contributed by atoms with Gasteiger partial charge in [0.15, 0.2) is 17.5 Å². The minimum Gasteiger partial charge on any atom is -0.363 e. The van der Waals surface area contributed by atoms with Crippen molar-refractivity contribution in [3.05, 3.63) is 65.4 Å². The standard InChI is InChI=1S/C19H19F2N5/c1-11(12-4-6-14(20)7-5-12)22-17-9-8-15(21)19(23-17)24-18-10-16(25-26-18)13-2-3-13/h4-11,13H,2-3H2,1H3,(H3,22,23,24,25,26)/t11-/m0/s1. The van der Waals surface area contributed by atoms with E-state index in [1.54, 1.807) is 18.2 Å². The van der Waals surface area contributed by atoms with Crippen molar-refractivity contribution in [1.29, 1.82) is 0 Å². The van der Waals surface area contributed by atoms with E-state index in [2.05, 4.69) is 25.8 Å². The van der Waals surface area contributed by atoms with Gasteiger partial charge in [0.1, 0.15) is 11.6 Å². The molecule has 5 nitrogen and oxygen atoms in total. The third-order valence-corrected chi connectivity index (χ3v) is 4.44. The molecule has 4 rings (SSSR count). The van der Waals surface area contributed by atoms with E-state index in [4.69, 9.17) is 0 Å². The Balaban J connectivity index is 1.48. The fourth-order valence-corrected chi connectivity index (χ4v) is 2.79. The number of hydrogen-bond acceptors (Lipinski definition) is 4. The molecule has 1 atom stereocenters. The second-order valence-corrected chi connectivity index (χ2v) is 6.55. The molecule has 1 saturated carbocycles. The van der Waals surface area contributed by atoms with Gasteiger partial charge in [-0.1, -0.05) is 12.1 Å². The van der Waals surface area contributed by atoms with Gasteiger partial charge in [-0.25, -0.2) is 13.8 Å². The van der Waals surface area contributed by atoms with Crippen LogP contribution in [-0.4, -0.2) is 15.2 Å². The Morgan fingerprint density at radius 3 is 2.58 bits per heavy atom. The fraction of sp³-hybridized carbons (Fsp3) is 0.263. The van der Waals surface area contributed by atoms with Gasteiger partial charge in [-0.05, 0) is 49.6 Å². The molecule has 3 aromatic rings. The van der Waals surface area contributed by atoms with Crippen LogP contribution in [0.2, 0.25) is 0 Å². The number of nitrogens with zero attached hydrogens (tertiary/aromatic N) is 2. The average Bonchev–Trinajstić information content (AvgIpc) is 3.38. The van der Waals surface area contributed by atoms with Crippen molar-refractivity contribution >= 4 is 17.5 Å². The van der Waals surface area contributed by atoms with E-state index in [-0.39, 0.29) is 17.7 Å². The molecule has 0 spiro atoms. The van der Waals surface area contributed by atoms with Crippen LogP contribution in [0.25, 0.3) is 0 Å². The van der Waals surface area contributed by atoms with Gasteiger partial charge >= 0.3 is 0 Å². The van der Waals surface area contributed by atoms with Gasteiger partial charge in [0, 0.05) is 23.7 Å². The summed E-state index contributed by atoms with van der Waals surface area (Å²) in [7, 11) is 0. The monoisotopic (exact) mass is 355 g/mol. The van der Waals surface area contributed by atoms with E-state index >= 15 is 0 Å². The lowest BCUT2D eigenvalue weighted by Crippen LogP contribution is -2.09. The quantitative estimate of drug-likeness (QED) is 0.590. The Morgan fingerprint density at radius 1 is 1.08 bits per heavy atom. The third-order valence-electron chi connectivity index (χ3n) is 4.44. The molecule has 2 heterocycles. The fourth-order valence-electron chi connectivity index (χ4n) is 2.79. The SMILES string of the molecule is C[C@H](Nc1ccc(F)c(Nc2cc(C3CC3)[nH]n2)n1)c1ccc(F)cc1. The lowest BCUT2D eigenvalue weighted by Gasteiger charge is -2.16. The van der Waals surface area contributed by atoms with Gasteiger partial charge in [-0.15, -0.1) is 0 Å². The zero-order valence-corrected chi connectivity index (χ0v) is 14.3. The summed E-state index contributed by atoms with van der Waals surface area (Å²) >= 11 is 0. The summed E-state index contributed by atoms with van der Waals surface area (Å²) < 4.78 is 27.2. The summed E-state index contributed by atoms with van der Waals surface area (Å²) in [6.07, 6.45) is 2.32. The zero-order valence-electron chi connectivity index (χ0n) is 14.3. The normalized spacial score (nSPS) is 14.9. The minimum atomic E-state index is -0.457. The van der Waals surface area contributed by atoms with Crippen LogP contribution in [0.5, 0.6) is 0 Å². The predicted octanol–water partition coefficient (Wildman–Crippen LogP) is 4.88. The van der Waals surface area contributed by atoms with Crippen LogP contribution < -0.4 is 10.6 Å². The largest absolute Gasteiger partial charge is 0.363 e. The van der Waals surface area contributed by atoms with Crippen molar-refractivity contribution in [3.8, 4) is 0 Å².